The highest BCUT2D eigenvalue weighted by Crippen LogP contribution is 2.28. The highest BCUT2D eigenvalue weighted by Gasteiger charge is 2.30. The third kappa shape index (κ3) is 4.23. The summed E-state index contributed by atoms with van der Waals surface area (Å²) in [4.78, 5) is 11.9. The van der Waals surface area contributed by atoms with Gasteiger partial charge in [0.15, 0.2) is 0 Å². The predicted molar refractivity (Wildman–Crippen MR) is 68.2 cm³/mol. The Balaban J connectivity index is 1.67. The average molecular weight is 256 g/mol. The molecule has 104 valence electrons. The maximum Gasteiger partial charge on any atom is 0.221 e. The summed E-state index contributed by atoms with van der Waals surface area (Å²) in [5, 5.41) is 2.90. The van der Waals surface area contributed by atoms with Crippen molar-refractivity contribution < 1.29 is 14.3 Å². The summed E-state index contributed by atoms with van der Waals surface area (Å²) in [5.41, 5.74) is 5.97. The van der Waals surface area contributed by atoms with Crippen molar-refractivity contribution in [3.8, 4) is 0 Å². The maximum absolute atomic E-state index is 11.9. The fraction of sp³-hybridized carbons (Fsp3) is 0.923. The van der Waals surface area contributed by atoms with Crippen LogP contribution in [-0.4, -0.2) is 43.9 Å². The van der Waals surface area contributed by atoms with Crippen molar-refractivity contribution in [3.63, 3.8) is 0 Å². The van der Waals surface area contributed by atoms with E-state index in [2.05, 4.69) is 5.32 Å². The van der Waals surface area contributed by atoms with E-state index in [-0.39, 0.29) is 17.6 Å². The summed E-state index contributed by atoms with van der Waals surface area (Å²) < 4.78 is 10.8. The number of rotatable bonds is 4. The number of nitrogens with one attached hydrogen (secondary N) is 1. The van der Waals surface area contributed by atoms with Gasteiger partial charge in [-0.25, -0.2) is 0 Å². The van der Waals surface area contributed by atoms with Crippen LogP contribution in [0.1, 0.15) is 38.5 Å². The third-order valence-electron chi connectivity index (χ3n) is 3.77. The number of carbonyl (C=O) groups is 1. The molecule has 2 fully saturated rings. The quantitative estimate of drug-likeness (QED) is 0.771. The van der Waals surface area contributed by atoms with Gasteiger partial charge >= 0.3 is 0 Å². The van der Waals surface area contributed by atoms with E-state index in [0.717, 1.165) is 25.7 Å². The second kappa shape index (κ2) is 6.50. The number of ether oxygens (including phenoxy) is 2. The number of nitrogens with two attached hydrogens (primary N) is 1. The molecule has 1 atom stereocenters. The second-order valence-corrected chi connectivity index (χ2v) is 5.47. The van der Waals surface area contributed by atoms with Gasteiger partial charge in [-0.2, -0.15) is 0 Å². The minimum atomic E-state index is -0.285. The third-order valence-corrected chi connectivity index (χ3v) is 3.77. The molecule has 1 aliphatic heterocycles. The van der Waals surface area contributed by atoms with Crippen molar-refractivity contribution in [2.45, 2.75) is 50.2 Å². The molecule has 2 rings (SSSR count). The SMILES string of the molecule is NC1(CC(=O)NCC2COCCO2)CCCCC1. The topological polar surface area (TPSA) is 73.6 Å². The Labute approximate surface area is 108 Å². The van der Waals surface area contributed by atoms with Gasteiger partial charge in [-0.1, -0.05) is 19.3 Å². The Bertz CT molecular complexity index is 271. The van der Waals surface area contributed by atoms with Gasteiger partial charge in [0, 0.05) is 18.5 Å². The molecule has 3 N–H and O–H groups in total. The van der Waals surface area contributed by atoms with Gasteiger partial charge in [0.25, 0.3) is 0 Å². The molecule has 0 radical (unpaired) electrons. The molecule has 0 aromatic carbocycles. The van der Waals surface area contributed by atoms with Crippen LogP contribution in [0.25, 0.3) is 0 Å². The molecule has 5 heteroatoms. The van der Waals surface area contributed by atoms with Crippen LogP contribution in [0.2, 0.25) is 0 Å². The molecular weight excluding hydrogens is 232 g/mol. The van der Waals surface area contributed by atoms with Crippen molar-refractivity contribution in [2.24, 2.45) is 5.73 Å². The van der Waals surface area contributed by atoms with Crippen molar-refractivity contribution in [1.29, 1.82) is 0 Å². The van der Waals surface area contributed by atoms with Gasteiger partial charge in [-0.05, 0) is 12.8 Å². The largest absolute Gasteiger partial charge is 0.376 e. The van der Waals surface area contributed by atoms with Gasteiger partial charge in [0.1, 0.15) is 0 Å². The average Bonchev–Trinajstić information content (AvgIpc) is 2.38. The van der Waals surface area contributed by atoms with Crippen LogP contribution in [0, 0.1) is 0 Å². The van der Waals surface area contributed by atoms with Crippen LogP contribution in [0.3, 0.4) is 0 Å². The molecule has 1 unspecified atom stereocenters. The molecule has 1 heterocycles. The lowest BCUT2D eigenvalue weighted by molar-refractivity contribution is -0.125. The van der Waals surface area contributed by atoms with Gasteiger partial charge in [-0.3, -0.25) is 4.79 Å². The van der Waals surface area contributed by atoms with E-state index in [9.17, 15) is 4.79 Å². The normalized spacial score (nSPS) is 27.7. The van der Waals surface area contributed by atoms with E-state index >= 15 is 0 Å². The predicted octanol–water partition coefficient (Wildman–Crippen LogP) is 0.570. The summed E-state index contributed by atoms with van der Waals surface area (Å²) >= 11 is 0. The van der Waals surface area contributed by atoms with Crippen molar-refractivity contribution in [3.05, 3.63) is 0 Å². The van der Waals surface area contributed by atoms with E-state index in [4.69, 9.17) is 15.2 Å². The molecule has 0 spiro atoms. The van der Waals surface area contributed by atoms with Crippen molar-refractivity contribution in [1.82, 2.24) is 5.32 Å². The first-order chi connectivity index (χ1) is 8.68. The van der Waals surface area contributed by atoms with Crippen LogP contribution in [-0.2, 0) is 14.3 Å². The second-order valence-electron chi connectivity index (χ2n) is 5.47. The molecule has 0 bridgehead atoms. The van der Waals surface area contributed by atoms with Crippen LogP contribution in [0.4, 0.5) is 0 Å². The summed E-state index contributed by atoms with van der Waals surface area (Å²) in [6.45, 7) is 2.35. The lowest BCUT2D eigenvalue weighted by Gasteiger charge is -2.33. The Hall–Kier alpha value is -0.650. The maximum atomic E-state index is 11.9. The zero-order chi connectivity index (χ0) is 12.8. The minimum Gasteiger partial charge on any atom is -0.376 e. The van der Waals surface area contributed by atoms with Crippen LogP contribution in [0.15, 0.2) is 0 Å². The number of hydrogen-bond donors (Lipinski definition) is 2. The Morgan fingerprint density at radius 1 is 1.28 bits per heavy atom. The molecule has 0 aromatic rings. The van der Waals surface area contributed by atoms with Crippen LogP contribution >= 0.6 is 0 Å². The van der Waals surface area contributed by atoms with E-state index in [1.54, 1.807) is 0 Å². The zero-order valence-electron chi connectivity index (χ0n) is 11.0. The molecular formula is C13H24N2O3. The summed E-state index contributed by atoms with van der Waals surface area (Å²) in [6.07, 6.45) is 5.87. The summed E-state index contributed by atoms with van der Waals surface area (Å²) in [5.74, 6) is 0.0357. The smallest absolute Gasteiger partial charge is 0.221 e. The molecule has 1 amide bonds. The Morgan fingerprint density at radius 3 is 2.72 bits per heavy atom. The number of carbonyl (C=O) groups excluding carboxylic acids is 1. The Kier molecular flexibility index (Phi) is 4.97. The summed E-state index contributed by atoms with van der Waals surface area (Å²) in [6, 6.07) is 0. The fourth-order valence-corrected chi connectivity index (χ4v) is 2.70. The molecule has 1 saturated heterocycles. The minimum absolute atomic E-state index is 0.0113. The highest BCUT2D eigenvalue weighted by atomic mass is 16.6. The monoisotopic (exact) mass is 256 g/mol. The van der Waals surface area contributed by atoms with E-state index in [1.807, 2.05) is 0 Å². The van der Waals surface area contributed by atoms with Crippen molar-refractivity contribution in [2.75, 3.05) is 26.4 Å². The summed E-state index contributed by atoms with van der Waals surface area (Å²) in [7, 11) is 0. The zero-order valence-corrected chi connectivity index (χ0v) is 11.0. The van der Waals surface area contributed by atoms with Gasteiger partial charge in [-0.15, -0.1) is 0 Å². The van der Waals surface area contributed by atoms with Crippen molar-refractivity contribution >= 4 is 5.91 Å². The first-order valence-electron chi connectivity index (χ1n) is 6.93. The molecule has 5 nitrogen and oxygen atoms in total. The fourth-order valence-electron chi connectivity index (χ4n) is 2.70. The molecule has 18 heavy (non-hydrogen) atoms. The van der Waals surface area contributed by atoms with Crippen LogP contribution in [0.5, 0.6) is 0 Å². The number of amides is 1. The van der Waals surface area contributed by atoms with Crippen LogP contribution < -0.4 is 11.1 Å². The van der Waals surface area contributed by atoms with Gasteiger partial charge in [0.05, 0.1) is 25.9 Å². The van der Waals surface area contributed by atoms with E-state index in [1.165, 1.54) is 6.42 Å². The lowest BCUT2D eigenvalue weighted by Crippen LogP contribution is -2.47. The Morgan fingerprint density at radius 2 is 2.06 bits per heavy atom. The lowest BCUT2D eigenvalue weighted by atomic mass is 9.80. The van der Waals surface area contributed by atoms with Gasteiger partial charge < -0.3 is 20.5 Å². The molecule has 1 aliphatic carbocycles. The van der Waals surface area contributed by atoms with Gasteiger partial charge in [0.2, 0.25) is 5.91 Å². The van der Waals surface area contributed by atoms with E-state index in [0.29, 0.717) is 32.8 Å². The standard InChI is InChI=1S/C13H24N2O3/c14-13(4-2-1-3-5-13)8-12(16)15-9-11-10-17-6-7-18-11/h11H,1-10,14H2,(H,15,16). The molecule has 1 saturated carbocycles. The van der Waals surface area contributed by atoms with E-state index < -0.39 is 0 Å². The highest BCUT2D eigenvalue weighted by molar-refractivity contribution is 5.77. The molecule has 0 aromatic heterocycles. The number of hydrogen-bond acceptors (Lipinski definition) is 4. The first kappa shape index (κ1) is 13.8. The first-order valence-corrected chi connectivity index (χ1v) is 6.93. The molecule has 2 aliphatic rings.